The summed E-state index contributed by atoms with van der Waals surface area (Å²) in [6.07, 6.45) is 0. The normalized spacial score (nSPS) is 12.0. The Morgan fingerprint density at radius 1 is 0.268 bits per heavy atom. The first kappa shape index (κ1) is 32.0. The standard InChI is InChI=1S/C53H34N2O/c56-53-47-33-39(54(49-25-9-17-35-13-1-5-21-41(35)49)50-26-10-18-36-14-2-6-22-42(36)50)29-31-45(47)46-32-30-40(34-48(46)53)55(51-27-11-19-37-15-3-7-23-43(37)51)52-28-12-20-38-16-4-8-24-44(38)52/h1-34H. The number of anilines is 6. The van der Waals surface area contributed by atoms with Crippen molar-refractivity contribution in [1.82, 2.24) is 0 Å². The van der Waals surface area contributed by atoms with Gasteiger partial charge in [-0.25, -0.2) is 0 Å². The van der Waals surface area contributed by atoms with Crippen LogP contribution >= 0.6 is 0 Å². The van der Waals surface area contributed by atoms with E-state index in [0.717, 1.165) is 88.3 Å². The summed E-state index contributed by atoms with van der Waals surface area (Å²) < 4.78 is 0. The number of benzene rings is 10. The molecule has 1 aliphatic carbocycles. The predicted octanol–water partition coefficient (Wildman–Crippen LogP) is 14.5. The summed E-state index contributed by atoms with van der Waals surface area (Å²) in [6.45, 7) is 0. The highest BCUT2D eigenvalue weighted by Gasteiger charge is 2.30. The van der Waals surface area contributed by atoms with Gasteiger partial charge in [-0.2, -0.15) is 0 Å². The molecule has 262 valence electrons. The van der Waals surface area contributed by atoms with Crippen molar-refractivity contribution in [1.29, 1.82) is 0 Å². The highest BCUT2D eigenvalue weighted by Crippen LogP contribution is 2.48. The van der Waals surface area contributed by atoms with Gasteiger partial charge in [-0.1, -0.05) is 158 Å². The van der Waals surface area contributed by atoms with Crippen molar-refractivity contribution in [3.05, 3.63) is 217 Å². The minimum absolute atomic E-state index is 0.0327. The average molecular weight is 715 g/mol. The summed E-state index contributed by atoms with van der Waals surface area (Å²) >= 11 is 0. The number of hydrogen-bond donors (Lipinski definition) is 0. The van der Waals surface area contributed by atoms with Gasteiger partial charge in [0.1, 0.15) is 0 Å². The lowest BCUT2D eigenvalue weighted by Crippen LogP contribution is -2.12. The zero-order valence-corrected chi connectivity index (χ0v) is 30.4. The summed E-state index contributed by atoms with van der Waals surface area (Å²) in [7, 11) is 0. The van der Waals surface area contributed by atoms with Crippen LogP contribution < -0.4 is 9.80 Å². The summed E-state index contributed by atoms with van der Waals surface area (Å²) in [4.78, 5) is 19.4. The largest absolute Gasteiger partial charge is 0.309 e. The van der Waals surface area contributed by atoms with Crippen molar-refractivity contribution >= 4 is 83.0 Å². The summed E-state index contributed by atoms with van der Waals surface area (Å²) in [5, 5.41) is 9.22. The van der Waals surface area contributed by atoms with Crippen LogP contribution in [0.3, 0.4) is 0 Å². The highest BCUT2D eigenvalue weighted by molar-refractivity contribution is 6.23. The zero-order chi connectivity index (χ0) is 37.2. The average Bonchev–Trinajstić information content (AvgIpc) is 3.54. The first-order valence-electron chi connectivity index (χ1n) is 19.1. The molecule has 0 saturated carbocycles. The molecule has 0 atom stereocenters. The molecule has 0 aliphatic heterocycles. The molecule has 10 aromatic rings. The van der Waals surface area contributed by atoms with Crippen LogP contribution in [0.5, 0.6) is 0 Å². The molecule has 0 aromatic heterocycles. The highest BCUT2D eigenvalue weighted by atomic mass is 16.1. The van der Waals surface area contributed by atoms with Crippen molar-refractivity contribution in [3.63, 3.8) is 0 Å². The molecule has 0 amide bonds. The molecule has 0 heterocycles. The first-order chi connectivity index (χ1) is 27.7. The van der Waals surface area contributed by atoms with Crippen LogP contribution in [0, 0.1) is 0 Å². The van der Waals surface area contributed by atoms with Crippen molar-refractivity contribution in [2.24, 2.45) is 0 Å². The molecule has 0 bridgehead atoms. The molecule has 0 radical (unpaired) electrons. The molecule has 0 spiro atoms. The number of nitrogens with zero attached hydrogens (tertiary/aromatic N) is 2. The number of fused-ring (bicyclic) bond motifs is 7. The lowest BCUT2D eigenvalue weighted by Gasteiger charge is -2.28. The Morgan fingerprint density at radius 2 is 0.554 bits per heavy atom. The van der Waals surface area contributed by atoms with Crippen molar-refractivity contribution in [3.8, 4) is 11.1 Å². The predicted molar refractivity (Wildman–Crippen MR) is 235 cm³/mol. The maximum Gasteiger partial charge on any atom is 0.194 e. The van der Waals surface area contributed by atoms with E-state index < -0.39 is 0 Å². The van der Waals surface area contributed by atoms with E-state index in [1.165, 1.54) is 0 Å². The van der Waals surface area contributed by atoms with Gasteiger partial charge in [-0.05, 0) is 81.2 Å². The van der Waals surface area contributed by atoms with Crippen molar-refractivity contribution < 1.29 is 4.79 Å². The van der Waals surface area contributed by atoms with Crippen LogP contribution in [0.2, 0.25) is 0 Å². The van der Waals surface area contributed by atoms with E-state index >= 15 is 0 Å². The summed E-state index contributed by atoms with van der Waals surface area (Å²) in [5.74, 6) is 0.0327. The smallest absolute Gasteiger partial charge is 0.194 e. The van der Waals surface area contributed by atoms with Gasteiger partial charge in [0, 0.05) is 44.0 Å². The molecular formula is C53H34N2O. The zero-order valence-electron chi connectivity index (χ0n) is 30.4. The summed E-state index contributed by atoms with van der Waals surface area (Å²) in [5.41, 5.74) is 9.45. The molecule has 3 nitrogen and oxygen atoms in total. The van der Waals surface area contributed by atoms with E-state index in [0.29, 0.717) is 11.1 Å². The van der Waals surface area contributed by atoms with Crippen molar-refractivity contribution in [2.75, 3.05) is 9.80 Å². The molecule has 11 rings (SSSR count). The Bertz CT molecular complexity index is 2810. The summed E-state index contributed by atoms with van der Waals surface area (Å²) in [6, 6.07) is 72.5. The maximum absolute atomic E-state index is 14.8. The fourth-order valence-corrected chi connectivity index (χ4v) is 8.76. The molecule has 0 fully saturated rings. The van der Waals surface area contributed by atoms with Gasteiger partial charge in [-0.3, -0.25) is 4.79 Å². The van der Waals surface area contributed by atoms with Crippen LogP contribution in [0.25, 0.3) is 54.2 Å². The van der Waals surface area contributed by atoms with E-state index in [1.54, 1.807) is 0 Å². The molecule has 0 N–H and O–H groups in total. The molecule has 56 heavy (non-hydrogen) atoms. The van der Waals surface area contributed by atoms with E-state index in [-0.39, 0.29) is 5.78 Å². The SMILES string of the molecule is O=C1c2cc(N(c3cccc4ccccc34)c3cccc4ccccc34)ccc2-c2ccc(N(c3cccc4ccccc34)c3cccc4ccccc34)cc21. The fourth-order valence-electron chi connectivity index (χ4n) is 8.76. The monoisotopic (exact) mass is 714 g/mol. The number of rotatable bonds is 6. The Balaban J connectivity index is 1.08. The Kier molecular flexibility index (Phi) is 7.33. The Morgan fingerprint density at radius 3 is 0.875 bits per heavy atom. The lowest BCUT2D eigenvalue weighted by molar-refractivity contribution is 0.104. The van der Waals surface area contributed by atoms with Gasteiger partial charge in [-0.15, -0.1) is 0 Å². The van der Waals surface area contributed by atoms with Gasteiger partial charge >= 0.3 is 0 Å². The molecule has 1 aliphatic rings. The third-order valence-electron chi connectivity index (χ3n) is 11.3. The quantitative estimate of drug-likeness (QED) is 0.171. The Labute approximate surface area is 324 Å². The van der Waals surface area contributed by atoms with Crippen LogP contribution in [0.1, 0.15) is 15.9 Å². The second kappa shape index (κ2) is 12.8. The third kappa shape index (κ3) is 5.02. The lowest BCUT2D eigenvalue weighted by atomic mass is 10.0. The fraction of sp³-hybridized carbons (Fsp3) is 0. The van der Waals surface area contributed by atoms with Gasteiger partial charge in [0.05, 0.1) is 22.7 Å². The van der Waals surface area contributed by atoms with Gasteiger partial charge in [0.15, 0.2) is 5.78 Å². The van der Waals surface area contributed by atoms with Crippen LogP contribution in [-0.4, -0.2) is 5.78 Å². The van der Waals surface area contributed by atoms with Gasteiger partial charge in [0.2, 0.25) is 0 Å². The molecular weight excluding hydrogens is 681 g/mol. The van der Waals surface area contributed by atoms with E-state index in [4.69, 9.17) is 0 Å². The third-order valence-corrected chi connectivity index (χ3v) is 11.3. The minimum atomic E-state index is 0.0327. The second-order valence-corrected chi connectivity index (χ2v) is 14.5. The van der Waals surface area contributed by atoms with E-state index in [2.05, 4.69) is 216 Å². The molecule has 0 unspecified atom stereocenters. The molecule has 3 heteroatoms. The van der Waals surface area contributed by atoms with Gasteiger partial charge < -0.3 is 9.80 Å². The van der Waals surface area contributed by atoms with Gasteiger partial charge in [0.25, 0.3) is 0 Å². The van der Waals surface area contributed by atoms with Crippen LogP contribution in [0.15, 0.2) is 206 Å². The number of hydrogen-bond acceptors (Lipinski definition) is 3. The second-order valence-electron chi connectivity index (χ2n) is 14.5. The minimum Gasteiger partial charge on any atom is -0.309 e. The van der Waals surface area contributed by atoms with Crippen LogP contribution in [-0.2, 0) is 0 Å². The molecule has 0 saturated heterocycles. The Hall–Kier alpha value is -7.49. The maximum atomic E-state index is 14.8. The van der Waals surface area contributed by atoms with Crippen molar-refractivity contribution in [2.45, 2.75) is 0 Å². The van der Waals surface area contributed by atoms with Crippen LogP contribution in [0.4, 0.5) is 34.1 Å². The molecule has 10 aromatic carbocycles. The number of carbonyl (C=O) groups is 1. The van der Waals surface area contributed by atoms with E-state index in [9.17, 15) is 4.79 Å². The first-order valence-corrected chi connectivity index (χ1v) is 19.1. The number of ketones is 1. The number of carbonyl (C=O) groups excluding carboxylic acids is 1. The topological polar surface area (TPSA) is 23.6 Å². The van der Waals surface area contributed by atoms with E-state index in [1.807, 2.05) is 0 Å².